The fourth-order valence-electron chi connectivity index (χ4n) is 2.78. The van der Waals surface area contributed by atoms with Gasteiger partial charge in [-0.15, -0.1) is 0 Å². The number of ether oxygens (including phenoxy) is 1. The summed E-state index contributed by atoms with van der Waals surface area (Å²) in [6.45, 7) is 3.31. The van der Waals surface area contributed by atoms with E-state index in [0.29, 0.717) is 0 Å². The minimum Gasteiger partial charge on any atom is -0.374 e. The quantitative estimate of drug-likeness (QED) is 0.652. The molecule has 1 nitrogen and oxygen atoms in total. The van der Waals surface area contributed by atoms with E-state index in [9.17, 15) is 0 Å². The Bertz CT molecular complexity index is 205. The third kappa shape index (κ3) is 3.46. The van der Waals surface area contributed by atoms with E-state index in [1.807, 2.05) is 0 Å². The SMILES string of the molecule is CCC1CCC(CBr)(OCCC2CC2)CC1. The van der Waals surface area contributed by atoms with Crippen molar-refractivity contribution in [3.05, 3.63) is 0 Å². The van der Waals surface area contributed by atoms with Crippen LogP contribution in [-0.2, 0) is 4.74 Å². The first-order valence-corrected chi connectivity index (χ1v) is 8.10. The van der Waals surface area contributed by atoms with Crippen LogP contribution in [0, 0.1) is 11.8 Å². The first-order valence-electron chi connectivity index (χ1n) is 6.98. The Balaban J connectivity index is 1.73. The Morgan fingerprint density at radius 2 is 1.81 bits per heavy atom. The van der Waals surface area contributed by atoms with Gasteiger partial charge in [-0.3, -0.25) is 0 Å². The van der Waals surface area contributed by atoms with Crippen LogP contribution in [-0.4, -0.2) is 17.5 Å². The van der Waals surface area contributed by atoms with Crippen LogP contribution in [0.5, 0.6) is 0 Å². The van der Waals surface area contributed by atoms with Crippen LogP contribution in [0.1, 0.15) is 58.3 Å². The Labute approximate surface area is 108 Å². The molecule has 2 rings (SSSR count). The maximum absolute atomic E-state index is 6.22. The molecule has 0 saturated heterocycles. The summed E-state index contributed by atoms with van der Waals surface area (Å²) >= 11 is 3.67. The maximum Gasteiger partial charge on any atom is 0.0779 e. The van der Waals surface area contributed by atoms with Crippen LogP contribution in [0.15, 0.2) is 0 Å². The Hall–Kier alpha value is 0.440. The van der Waals surface area contributed by atoms with Gasteiger partial charge in [0, 0.05) is 11.9 Å². The maximum atomic E-state index is 6.22. The molecule has 0 amide bonds. The molecule has 0 heterocycles. The summed E-state index contributed by atoms with van der Waals surface area (Å²) in [6, 6.07) is 0. The molecular weight excluding hydrogens is 264 g/mol. The van der Waals surface area contributed by atoms with Gasteiger partial charge in [0.1, 0.15) is 0 Å². The monoisotopic (exact) mass is 288 g/mol. The molecule has 0 N–H and O–H groups in total. The van der Waals surface area contributed by atoms with Gasteiger partial charge in [-0.25, -0.2) is 0 Å². The normalized spacial score (nSPS) is 35.2. The van der Waals surface area contributed by atoms with E-state index in [1.54, 1.807) is 0 Å². The van der Waals surface area contributed by atoms with Crippen LogP contribution in [0.4, 0.5) is 0 Å². The predicted molar refractivity (Wildman–Crippen MR) is 72.1 cm³/mol. The fraction of sp³-hybridized carbons (Fsp3) is 1.00. The molecule has 0 aromatic carbocycles. The third-order valence-electron chi connectivity index (χ3n) is 4.47. The molecule has 2 fully saturated rings. The molecule has 2 heteroatoms. The van der Waals surface area contributed by atoms with Gasteiger partial charge < -0.3 is 4.74 Å². The van der Waals surface area contributed by atoms with E-state index in [-0.39, 0.29) is 5.60 Å². The van der Waals surface area contributed by atoms with E-state index < -0.39 is 0 Å². The Morgan fingerprint density at radius 1 is 1.12 bits per heavy atom. The molecule has 0 spiro atoms. The third-order valence-corrected chi connectivity index (χ3v) is 5.49. The van der Waals surface area contributed by atoms with Gasteiger partial charge in [-0.1, -0.05) is 42.1 Å². The average Bonchev–Trinajstić information content (AvgIpc) is 3.14. The predicted octanol–water partition coefficient (Wildman–Crippen LogP) is 4.54. The Morgan fingerprint density at radius 3 is 2.31 bits per heavy atom. The molecule has 0 bridgehead atoms. The highest BCUT2D eigenvalue weighted by Gasteiger charge is 2.35. The summed E-state index contributed by atoms with van der Waals surface area (Å²) in [7, 11) is 0. The van der Waals surface area contributed by atoms with Gasteiger partial charge in [0.2, 0.25) is 0 Å². The van der Waals surface area contributed by atoms with Gasteiger partial charge in [0.05, 0.1) is 5.60 Å². The van der Waals surface area contributed by atoms with Crippen molar-refractivity contribution in [1.29, 1.82) is 0 Å². The second kappa shape index (κ2) is 5.86. The molecule has 0 aromatic rings. The lowest BCUT2D eigenvalue weighted by Gasteiger charge is -2.39. The summed E-state index contributed by atoms with van der Waals surface area (Å²) < 4.78 is 6.22. The smallest absolute Gasteiger partial charge is 0.0779 e. The van der Waals surface area contributed by atoms with E-state index >= 15 is 0 Å². The van der Waals surface area contributed by atoms with Crippen LogP contribution in [0.25, 0.3) is 0 Å². The largest absolute Gasteiger partial charge is 0.374 e. The lowest BCUT2D eigenvalue weighted by molar-refractivity contribution is -0.0621. The van der Waals surface area contributed by atoms with Gasteiger partial charge >= 0.3 is 0 Å². The number of halogens is 1. The number of alkyl halides is 1. The van der Waals surface area contributed by atoms with Gasteiger partial charge in [0.25, 0.3) is 0 Å². The van der Waals surface area contributed by atoms with Crippen molar-refractivity contribution < 1.29 is 4.74 Å². The molecule has 2 aliphatic carbocycles. The van der Waals surface area contributed by atoms with Crippen LogP contribution < -0.4 is 0 Å². The summed E-state index contributed by atoms with van der Waals surface area (Å²) in [6.07, 6.45) is 10.8. The molecule has 0 atom stereocenters. The van der Waals surface area contributed by atoms with Crippen molar-refractivity contribution in [3.63, 3.8) is 0 Å². The molecule has 0 aliphatic heterocycles. The lowest BCUT2D eigenvalue weighted by atomic mass is 9.78. The number of hydrogen-bond acceptors (Lipinski definition) is 1. The van der Waals surface area contributed by atoms with Crippen molar-refractivity contribution in [3.8, 4) is 0 Å². The van der Waals surface area contributed by atoms with Gasteiger partial charge in [-0.05, 0) is 43.9 Å². The zero-order valence-corrected chi connectivity index (χ0v) is 12.1. The lowest BCUT2D eigenvalue weighted by Crippen LogP contribution is -2.39. The van der Waals surface area contributed by atoms with E-state index in [1.165, 1.54) is 51.4 Å². The van der Waals surface area contributed by atoms with Crippen molar-refractivity contribution in [2.75, 3.05) is 11.9 Å². The fourth-order valence-corrected chi connectivity index (χ4v) is 3.50. The van der Waals surface area contributed by atoms with Gasteiger partial charge in [0.15, 0.2) is 0 Å². The molecule has 2 aliphatic rings. The number of hydrogen-bond donors (Lipinski definition) is 0. The van der Waals surface area contributed by atoms with E-state index in [4.69, 9.17) is 4.74 Å². The number of rotatable bonds is 6. The zero-order valence-electron chi connectivity index (χ0n) is 10.5. The highest BCUT2D eigenvalue weighted by molar-refractivity contribution is 9.09. The van der Waals surface area contributed by atoms with E-state index in [0.717, 1.165) is 23.8 Å². The topological polar surface area (TPSA) is 9.23 Å². The molecular formula is C14H25BrO. The highest BCUT2D eigenvalue weighted by Crippen LogP contribution is 2.39. The first kappa shape index (κ1) is 12.9. The van der Waals surface area contributed by atoms with Crippen molar-refractivity contribution in [2.24, 2.45) is 11.8 Å². The van der Waals surface area contributed by atoms with E-state index in [2.05, 4.69) is 22.9 Å². The standard InChI is InChI=1S/C14H25BrO/c1-2-12-5-8-14(11-15,9-6-12)16-10-7-13-3-4-13/h12-13H,2-11H2,1H3. The van der Waals surface area contributed by atoms with Crippen LogP contribution in [0.2, 0.25) is 0 Å². The van der Waals surface area contributed by atoms with Crippen LogP contribution in [0.3, 0.4) is 0 Å². The van der Waals surface area contributed by atoms with Crippen molar-refractivity contribution >= 4 is 15.9 Å². The Kier molecular flexibility index (Phi) is 4.72. The molecule has 16 heavy (non-hydrogen) atoms. The molecule has 0 unspecified atom stereocenters. The van der Waals surface area contributed by atoms with Crippen LogP contribution >= 0.6 is 15.9 Å². The zero-order chi connectivity index (χ0) is 11.4. The molecule has 0 aromatic heterocycles. The van der Waals surface area contributed by atoms with Crippen molar-refractivity contribution in [2.45, 2.75) is 63.9 Å². The molecule has 94 valence electrons. The minimum atomic E-state index is 0.181. The first-order chi connectivity index (χ1) is 7.78. The van der Waals surface area contributed by atoms with Gasteiger partial charge in [-0.2, -0.15) is 0 Å². The van der Waals surface area contributed by atoms with Crippen molar-refractivity contribution in [1.82, 2.24) is 0 Å². The minimum absolute atomic E-state index is 0.181. The second-order valence-corrected chi connectivity index (χ2v) is 6.31. The summed E-state index contributed by atoms with van der Waals surface area (Å²) in [5.74, 6) is 1.96. The second-order valence-electron chi connectivity index (χ2n) is 5.75. The summed E-state index contributed by atoms with van der Waals surface area (Å²) in [5, 5.41) is 1.03. The molecule has 0 radical (unpaired) electrons. The average molecular weight is 289 g/mol. The molecule has 2 saturated carbocycles. The summed E-state index contributed by atoms with van der Waals surface area (Å²) in [4.78, 5) is 0. The highest BCUT2D eigenvalue weighted by atomic mass is 79.9. The summed E-state index contributed by atoms with van der Waals surface area (Å²) in [5.41, 5.74) is 0.181.